The highest BCUT2D eigenvalue weighted by Crippen LogP contribution is 2.30. The summed E-state index contributed by atoms with van der Waals surface area (Å²) < 4.78 is 5.43. The summed E-state index contributed by atoms with van der Waals surface area (Å²) in [5.74, 6) is 1.95. The molecule has 0 radical (unpaired) electrons. The molecule has 1 N–H and O–H groups in total. The number of likely N-dealkylation sites (N-methyl/N-ethyl adjacent to an activating group) is 1. The molecule has 100 valence electrons. The van der Waals surface area contributed by atoms with Gasteiger partial charge in [-0.2, -0.15) is 0 Å². The molecule has 2 heteroatoms. The van der Waals surface area contributed by atoms with Crippen molar-refractivity contribution in [3.63, 3.8) is 0 Å². The van der Waals surface area contributed by atoms with Crippen LogP contribution in [-0.4, -0.2) is 20.2 Å². The maximum Gasteiger partial charge on any atom is 0.122 e. The van der Waals surface area contributed by atoms with Gasteiger partial charge in [0.1, 0.15) is 5.75 Å². The summed E-state index contributed by atoms with van der Waals surface area (Å²) in [5, 5.41) is 3.47. The molecule has 0 aromatic heterocycles. The summed E-state index contributed by atoms with van der Waals surface area (Å²) in [6.45, 7) is 0. The van der Waals surface area contributed by atoms with Gasteiger partial charge in [0, 0.05) is 6.04 Å². The number of ether oxygens (including phenoxy) is 1. The first-order chi connectivity index (χ1) is 8.83. The molecule has 18 heavy (non-hydrogen) atoms. The second-order valence-electron chi connectivity index (χ2n) is 5.39. The fourth-order valence-electron chi connectivity index (χ4n) is 3.09. The zero-order chi connectivity index (χ0) is 12.8. The van der Waals surface area contributed by atoms with Gasteiger partial charge in [0.25, 0.3) is 0 Å². The van der Waals surface area contributed by atoms with Crippen LogP contribution in [0.4, 0.5) is 0 Å². The third-order valence-corrected chi connectivity index (χ3v) is 4.16. The summed E-state index contributed by atoms with van der Waals surface area (Å²) in [6, 6.07) is 8.94. The van der Waals surface area contributed by atoms with E-state index < -0.39 is 0 Å². The molecule has 2 nitrogen and oxygen atoms in total. The first kappa shape index (κ1) is 13.4. The van der Waals surface area contributed by atoms with Crippen LogP contribution in [0.5, 0.6) is 5.75 Å². The highest BCUT2D eigenvalue weighted by Gasteiger charge is 2.20. The zero-order valence-corrected chi connectivity index (χ0v) is 11.6. The molecule has 0 bridgehead atoms. The molecule has 0 saturated heterocycles. The van der Waals surface area contributed by atoms with Crippen LogP contribution < -0.4 is 10.1 Å². The van der Waals surface area contributed by atoms with Crippen molar-refractivity contribution in [1.82, 2.24) is 5.32 Å². The lowest BCUT2D eigenvalue weighted by atomic mass is 9.94. The van der Waals surface area contributed by atoms with E-state index >= 15 is 0 Å². The summed E-state index contributed by atoms with van der Waals surface area (Å²) in [5.41, 5.74) is 1.32. The van der Waals surface area contributed by atoms with E-state index in [1.54, 1.807) is 7.11 Å². The van der Waals surface area contributed by atoms with E-state index in [1.807, 2.05) is 6.07 Å². The lowest BCUT2D eigenvalue weighted by Gasteiger charge is -2.21. The molecule has 1 aliphatic carbocycles. The second kappa shape index (κ2) is 6.79. The van der Waals surface area contributed by atoms with E-state index in [0.717, 1.165) is 18.1 Å². The van der Waals surface area contributed by atoms with Gasteiger partial charge in [0.2, 0.25) is 0 Å². The van der Waals surface area contributed by atoms with E-state index in [-0.39, 0.29) is 0 Å². The topological polar surface area (TPSA) is 21.3 Å². The van der Waals surface area contributed by atoms with E-state index in [1.165, 1.54) is 37.7 Å². The van der Waals surface area contributed by atoms with Gasteiger partial charge in [0.15, 0.2) is 0 Å². The molecule has 1 aromatic rings. The van der Waals surface area contributed by atoms with Crippen LogP contribution >= 0.6 is 0 Å². The monoisotopic (exact) mass is 247 g/mol. The van der Waals surface area contributed by atoms with Gasteiger partial charge in [-0.15, -0.1) is 0 Å². The van der Waals surface area contributed by atoms with Crippen molar-refractivity contribution in [1.29, 1.82) is 0 Å². The SMILES string of the molecule is CNC(Cc1ccccc1OC)CC1CCCC1. The molecular weight excluding hydrogens is 222 g/mol. The normalized spacial score (nSPS) is 17.9. The van der Waals surface area contributed by atoms with Crippen LogP contribution in [0, 0.1) is 5.92 Å². The lowest BCUT2D eigenvalue weighted by molar-refractivity contribution is 0.385. The van der Waals surface area contributed by atoms with Gasteiger partial charge in [-0.3, -0.25) is 0 Å². The van der Waals surface area contributed by atoms with Gasteiger partial charge >= 0.3 is 0 Å². The number of methoxy groups -OCH3 is 1. The van der Waals surface area contributed by atoms with Crippen LogP contribution in [0.3, 0.4) is 0 Å². The summed E-state index contributed by atoms with van der Waals surface area (Å²) in [7, 11) is 3.83. The van der Waals surface area contributed by atoms with Crippen LogP contribution in [0.2, 0.25) is 0 Å². The van der Waals surface area contributed by atoms with Crippen molar-refractivity contribution < 1.29 is 4.74 Å². The molecule has 0 aliphatic heterocycles. The van der Waals surface area contributed by atoms with Gasteiger partial charge in [-0.25, -0.2) is 0 Å². The minimum Gasteiger partial charge on any atom is -0.496 e. The van der Waals surface area contributed by atoms with Crippen LogP contribution in [0.15, 0.2) is 24.3 Å². The third kappa shape index (κ3) is 3.49. The zero-order valence-electron chi connectivity index (χ0n) is 11.6. The number of hydrogen-bond acceptors (Lipinski definition) is 2. The molecule has 0 amide bonds. The van der Waals surface area contributed by atoms with Gasteiger partial charge in [0.05, 0.1) is 7.11 Å². The Balaban J connectivity index is 1.96. The third-order valence-electron chi connectivity index (χ3n) is 4.16. The Hall–Kier alpha value is -1.02. The Morgan fingerprint density at radius 2 is 2.00 bits per heavy atom. The minimum absolute atomic E-state index is 0.574. The number of hydrogen-bond donors (Lipinski definition) is 1. The Kier molecular flexibility index (Phi) is 5.06. The Morgan fingerprint density at radius 1 is 1.28 bits per heavy atom. The summed E-state index contributed by atoms with van der Waals surface area (Å²) in [4.78, 5) is 0. The van der Waals surface area contributed by atoms with E-state index in [9.17, 15) is 0 Å². The minimum atomic E-state index is 0.574. The van der Waals surface area contributed by atoms with Crippen molar-refractivity contribution >= 4 is 0 Å². The fraction of sp³-hybridized carbons (Fsp3) is 0.625. The number of nitrogens with one attached hydrogen (secondary N) is 1. The van der Waals surface area contributed by atoms with Crippen molar-refractivity contribution in [3.05, 3.63) is 29.8 Å². The van der Waals surface area contributed by atoms with E-state index in [4.69, 9.17) is 4.74 Å². The van der Waals surface area contributed by atoms with E-state index in [2.05, 4.69) is 30.6 Å². The van der Waals surface area contributed by atoms with Crippen LogP contribution in [-0.2, 0) is 6.42 Å². The largest absolute Gasteiger partial charge is 0.496 e. The van der Waals surface area contributed by atoms with Crippen LogP contribution in [0.25, 0.3) is 0 Å². The number of rotatable bonds is 6. The maximum atomic E-state index is 5.43. The highest BCUT2D eigenvalue weighted by molar-refractivity contribution is 5.33. The predicted molar refractivity (Wildman–Crippen MR) is 76.1 cm³/mol. The second-order valence-corrected chi connectivity index (χ2v) is 5.39. The molecule has 1 atom stereocenters. The molecule has 0 spiro atoms. The van der Waals surface area contributed by atoms with Gasteiger partial charge in [-0.1, -0.05) is 43.9 Å². The van der Waals surface area contributed by atoms with Crippen molar-refractivity contribution in [2.75, 3.05) is 14.2 Å². The average molecular weight is 247 g/mol. The number of benzene rings is 1. The standard InChI is InChI=1S/C16H25NO/c1-17-15(11-13-7-3-4-8-13)12-14-9-5-6-10-16(14)18-2/h5-6,9-10,13,15,17H,3-4,7-8,11-12H2,1-2H3. The number of para-hydroxylation sites is 1. The Labute approximate surface area is 111 Å². The first-order valence-corrected chi connectivity index (χ1v) is 7.12. The molecule has 1 unspecified atom stereocenters. The maximum absolute atomic E-state index is 5.43. The van der Waals surface area contributed by atoms with Gasteiger partial charge < -0.3 is 10.1 Å². The molecular formula is C16H25NO. The Morgan fingerprint density at radius 3 is 2.67 bits per heavy atom. The Bertz CT molecular complexity index is 358. The van der Waals surface area contributed by atoms with Gasteiger partial charge in [-0.05, 0) is 37.4 Å². The summed E-state index contributed by atoms with van der Waals surface area (Å²) >= 11 is 0. The average Bonchev–Trinajstić information content (AvgIpc) is 2.91. The van der Waals surface area contributed by atoms with E-state index in [0.29, 0.717) is 6.04 Å². The lowest BCUT2D eigenvalue weighted by Crippen LogP contribution is -2.29. The smallest absolute Gasteiger partial charge is 0.122 e. The molecule has 1 fully saturated rings. The van der Waals surface area contributed by atoms with Crippen molar-refractivity contribution in [3.8, 4) is 5.75 Å². The van der Waals surface area contributed by atoms with Crippen molar-refractivity contribution in [2.45, 2.75) is 44.6 Å². The fourth-order valence-corrected chi connectivity index (χ4v) is 3.09. The predicted octanol–water partition coefficient (Wildman–Crippen LogP) is 3.41. The molecule has 1 saturated carbocycles. The summed E-state index contributed by atoms with van der Waals surface area (Å²) in [6.07, 6.45) is 8.06. The highest BCUT2D eigenvalue weighted by atomic mass is 16.5. The first-order valence-electron chi connectivity index (χ1n) is 7.12. The molecule has 0 heterocycles. The quantitative estimate of drug-likeness (QED) is 0.832. The molecule has 2 rings (SSSR count). The molecule has 1 aromatic carbocycles. The van der Waals surface area contributed by atoms with Crippen LogP contribution in [0.1, 0.15) is 37.7 Å². The molecule has 1 aliphatic rings. The van der Waals surface area contributed by atoms with Crippen molar-refractivity contribution in [2.24, 2.45) is 5.92 Å².